The van der Waals surface area contributed by atoms with Gasteiger partial charge in [0.2, 0.25) is 5.91 Å². The fraction of sp³-hybridized carbons (Fsp3) is 0.304. The summed E-state index contributed by atoms with van der Waals surface area (Å²) in [7, 11) is 0. The average molecular weight is 374 g/mol. The van der Waals surface area contributed by atoms with E-state index in [1.54, 1.807) is 24.3 Å². The molecule has 0 saturated carbocycles. The molecule has 5 nitrogen and oxygen atoms in total. The average Bonchev–Trinajstić information content (AvgIpc) is 2.74. The Morgan fingerprint density at radius 3 is 2.36 bits per heavy atom. The van der Waals surface area contributed by atoms with Gasteiger partial charge >= 0.3 is 0 Å². The highest BCUT2D eigenvalue weighted by molar-refractivity contribution is 5.90. The minimum absolute atomic E-state index is 0.0120. The Morgan fingerprint density at radius 2 is 1.68 bits per heavy atom. The Bertz CT molecular complexity index is 816. The van der Waals surface area contributed by atoms with Crippen LogP contribution in [0.5, 0.6) is 0 Å². The molecule has 2 aromatic carbocycles. The van der Waals surface area contributed by atoms with Gasteiger partial charge in [0.25, 0.3) is 0 Å². The molecule has 1 saturated heterocycles. The van der Waals surface area contributed by atoms with Crippen LogP contribution in [0, 0.1) is 11.3 Å². The molecule has 28 heavy (non-hydrogen) atoms. The number of carbonyl (C=O) groups is 1. The van der Waals surface area contributed by atoms with Crippen molar-refractivity contribution in [2.75, 3.05) is 44.6 Å². The minimum atomic E-state index is 0.0120. The van der Waals surface area contributed by atoms with Crippen molar-refractivity contribution in [2.24, 2.45) is 0 Å². The topological polar surface area (TPSA) is 59.4 Å². The predicted molar refractivity (Wildman–Crippen MR) is 113 cm³/mol. The molecule has 0 unspecified atom stereocenters. The Labute approximate surface area is 166 Å². The highest BCUT2D eigenvalue weighted by atomic mass is 16.1. The van der Waals surface area contributed by atoms with E-state index in [9.17, 15) is 4.79 Å². The summed E-state index contributed by atoms with van der Waals surface area (Å²) >= 11 is 0. The smallest absolute Gasteiger partial charge is 0.225 e. The van der Waals surface area contributed by atoms with E-state index in [-0.39, 0.29) is 5.91 Å². The largest absolute Gasteiger partial charge is 0.326 e. The molecule has 0 bridgehead atoms. The maximum absolute atomic E-state index is 12.1. The van der Waals surface area contributed by atoms with Gasteiger partial charge in [-0.25, -0.2) is 0 Å². The third-order valence-corrected chi connectivity index (χ3v) is 4.89. The third-order valence-electron chi connectivity index (χ3n) is 4.89. The summed E-state index contributed by atoms with van der Waals surface area (Å²) in [6.45, 7) is 5.76. The Hall–Kier alpha value is -2.94. The zero-order valence-electron chi connectivity index (χ0n) is 16.1. The maximum Gasteiger partial charge on any atom is 0.225 e. The zero-order valence-corrected chi connectivity index (χ0v) is 16.1. The summed E-state index contributed by atoms with van der Waals surface area (Å²) in [5.74, 6) is 0.0120. The van der Waals surface area contributed by atoms with Gasteiger partial charge in [0.15, 0.2) is 0 Å². The Morgan fingerprint density at radius 1 is 1.00 bits per heavy atom. The van der Waals surface area contributed by atoms with Crippen molar-refractivity contribution in [3.05, 3.63) is 71.8 Å². The van der Waals surface area contributed by atoms with Crippen LogP contribution in [0.4, 0.5) is 5.69 Å². The molecule has 3 rings (SSSR count). The quantitative estimate of drug-likeness (QED) is 0.808. The standard InChI is InChI=1S/C23H26N4O/c24-19-21-8-10-22(11-9-21)25-23(28)12-14-27-17-15-26(16-18-27)13-4-7-20-5-2-1-3-6-20/h1-11H,12-18H2,(H,25,28)/b7-4+. The number of hydrogen-bond acceptors (Lipinski definition) is 4. The predicted octanol–water partition coefficient (Wildman–Crippen LogP) is 3.22. The summed E-state index contributed by atoms with van der Waals surface area (Å²) in [6, 6.07) is 19.4. The second-order valence-electron chi connectivity index (χ2n) is 6.94. The first-order chi connectivity index (χ1) is 13.7. The van der Waals surface area contributed by atoms with Gasteiger partial charge in [0.05, 0.1) is 11.6 Å². The number of benzene rings is 2. The molecule has 0 spiro atoms. The lowest BCUT2D eigenvalue weighted by atomic mass is 10.2. The van der Waals surface area contributed by atoms with Gasteiger partial charge in [-0.3, -0.25) is 9.69 Å². The Kier molecular flexibility index (Phi) is 7.36. The molecule has 1 fully saturated rings. The van der Waals surface area contributed by atoms with Gasteiger partial charge < -0.3 is 10.2 Å². The van der Waals surface area contributed by atoms with Crippen molar-refractivity contribution in [1.82, 2.24) is 9.80 Å². The summed E-state index contributed by atoms with van der Waals surface area (Å²) in [5.41, 5.74) is 2.56. The number of rotatable bonds is 7. The maximum atomic E-state index is 12.1. The molecule has 1 amide bonds. The molecule has 0 atom stereocenters. The summed E-state index contributed by atoms with van der Waals surface area (Å²) in [4.78, 5) is 16.9. The third kappa shape index (κ3) is 6.34. The number of nitriles is 1. The van der Waals surface area contributed by atoms with E-state index in [0.29, 0.717) is 12.0 Å². The van der Waals surface area contributed by atoms with Gasteiger partial charge in [-0.15, -0.1) is 0 Å². The second-order valence-corrected chi connectivity index (χ2v) is 6.94. The van der Waals surface area contributed by atoms with Crippen LogP contribution in [0.1, 0.15) is 17.5 Å². The number of amides is 1. The fourth-order valence-corrected chi connectivity index (χ4v) is 3.21. The van der Waals surface area contributed by atoms with Crippen LogP contribution in [-0.2, 0) is 4.79 Å². The van der Waals surface area contributed by atoms with Gasteiger partial charge in [-0.2, -0.15) is 5.26 Å². The van der Waals surface area contributed by atoms with Crippen LogP contribution in [0.25, 0.3) is 6.08 Å². The molecule has 0 aromatic heterocycles. The molecule has 2 aromatic rings. The first-order valence-electron chi connectivity index (χ1n) is 9.69. The van der Waals surface area contributed by atoms with Gasteiger partial charge in [0.1, 0.15) is 0 Å². The van der Waals surface area contributed by atoms with Crippen molar-refractivity contribution < 1.29 is 4.79 Å². The van der Waals surface area contributed by atoms with Crippen molar-refractivity contribution >= 4 is 17.7 Å². The van der Waals surface area contributed by atoms with Crippen LogP contribution in [0.15, 0.2) is 60.7 Å². The lowest BCUT2D eigenvalue weighted by Crippen LogP contribution is -2.46. The van der Waals surface area contributed by atoms with Crippen LogP contribution in [-0.4, -0.2) is 55.0 Å². The molecular formula is C23H26N4O. The number of carbonyl (C=O) groups excluding carboxylic acids is 1. The molecule has 1 aliphatic heterocycles. The van der Waals surface area contributed by atoms with Crippen LogP contribution < -0.4 is 5.32 Å². The SMILES string of the molecule is N#Cc1ccc(NC(=O)CCN2CCN(C/C=C/c3ccccc3)CC2)cc1. The monoisotopic (exact) mass is 374 g/mol. The number of hydrogen-bond donors (Lipinski definition) is 1. The minimum Gasteiger partial charge on any atom is -0.326 e. The molecule has 1 aliphatic rings. The lowest BCUT2D eigenvalue weighted by Gasteiger charge is -2.34. The van der Waals surface area contributed by atoms with Crippen LogP contribution >= 0.6 is 0 Å². The normalized spacial score (nSPS) is 15.4. The van der Waals surface area contributed by atoms with E-state index in [0.717, 1.165) is 45.0 Å². The zero-order chi connectivity index (χ0) is 19.6. The van der Waals surface area contributed by atoms with Gasteiger partial charge in [-0.05, 0) is 29.8 Å². The van der Waals surface area contributed by atoms with Crippen molar-refractivity contribution in [3.63, 3.8) is 0 Å². The lowest BCUT2D eigenvalue weighted by molar-refractivity contribution is -0.116. The van der Waals surface area contributed by atoms with E-state index < -0.39 is 0 Å². The van der Waals surface area contributed by atoms with E-state index in [1.165, 1.54) is 5.56 Å². The molecule has 144 valence electrons. The van der Waals surface area contributed by atoms with E-state index in [2.05, 4.69) is 57.6 Å². The molecule has 1 heterocycles. The van der Waals surface area contributed by atoms with E-state index in [1.807, 2.05) is 6.07 Å². The molecular weight excluding hydrogens is 348 g/mol. The Balaban J connectivity index is 1.33. The number of anilines is 1. The van der Waals surface area contributed by atoms with Crippen molar-refractivity contribution in [1.29, 1.82) is 5.26 Å². The summed E-state index contributed by atoms with van der Waals surface area (Å²) in [6.07, 6.45) is 4.86. The molecule has 1 N–H and O–H groups in total. The first-order valence-corrected chi connectivity index (χ1v) is 9.69. The number of nitrogens with zero attached hydrogens (tertiary/aromatic N) is 3. The van der Waals surface area contributed by atoms with E-state index >= 15 is 0 Å². The molecule has 5 heteroatoms. The van der Waals surface area contributed by atoms with Crippen molar-refractivity contribution in [2.45, 2.75) is 6.42 Å². The van der Waals surface area contributed by atoms with Gasteiger partial charge in [-0.1, -0.05) is 42.5 Å². The fourth-order valence-electron chi connectivity index (χ4n) is 3.21. The van der Waals surface area contributed by atoms with Gasteiger partial charge in [0, 0.05) is 51.4 Å². The van der Waals surface area contributed by atoms with Crippen LogP contribution in [0.2, 0.25) is 0 Å². The highest BCUT2D eigenvalue weighted by Gasteiger charge is 2.16. The molecule has 0 aliphatic carbocycles. The van der Waals surface area contributed by atoms with Crippen molar-refractivity contribution in [3.8, 4) is 6.07 Å². The van der Waals surface area contributed by atoms with Crippen LogP contribution in [0.3, 0.4) is 0 Å². The number of piperazine rings is 1. The second kappa shape index (κ2) is 10.4. The molecule has 0 radical (unpaired) electrons. The first kappa shape index (κ1) is 19.8. The highest BCUT2D eigenvalue weighted by Crippen LogP contribution is 2.10. The summed E-state index contributed by atoms with van der Waals surface area (Å²) in [5, 5.41) is 11.7. The summed E-state index contributed by atoms with van der Waals surface area (Å²) < 4.78 is 0. The number of nitrogens with one attached hydrogen (secondary N) is 1. The van der Waals surface area contributed by atoms with E-state index in [4.69, 9.17) is 5.26 Å².